The maximum absolute atomic E-state index is 12.5. The van der Waals surface area contributed by atoms with Gasteiger partial charge in [0.1, 0.15) is 0 Å². The molecule has 0 saturated carbocycles. The van der Waals surface area contributed by atoms with Gasteiger partial charge in [0, 0.05) is 6.04 Å². The Bertz CT molecular complexity index is 271. The number of halogens is 1. The number of nitrogens with one attached hydrogen (secondary N) is 1. The van der Waals surface area contributed by atoms with E-state index >= 15 is 0 Å². The van der Waals surface area contributed by atoms with Crippen LogP contribution in [0.2, 0.25) is 0 Å². The van der Waals surface area contributed by atoms with Crippen LogP contribution in [0.15, 0.2) is 18.3 Å². The number of hydrogen-bond donors (Lipinski definition) is 1. The predicted octanol–water partition coefficient (Wildman–Crippen LogP) is 3.07. The van der Waals surface area contributed by atoms with Gasteiger partial charge < -0.3 is 5.32 Å². The van der Waals surface area contributed by atoms with Crippen LogP contribution in [0.4, 0.5) is 10.1 Å². The summed E-state index contributed by atoms with van der Waals surface area (Å²) in [5.74, 6) is 0.159. The van der Waals surface area contributed by atoms with Gasteiger partial charge in [-0.05, 0) is 25.0 Å². The van der Waals surface area contributed by atoms with Gasteiger partial charge in [-0.2, -0.15) is 4.39 Å². The summed E-state index contributed by atoms with van der Waals surface area (Å²) in [6, 6.07) is 3.46. The summed E-state index contributed by atoms with van der Waals surface area (Å²) in [6.45, 7) is 6.47. The highest BCUT2D eigenvalue weighted by atomic mass is 19.1. The first-order valence-corrected chi connectivity index (χ1v) is 5.01. The number of rotatable bonds is 4. The SMILES string of the molecule is CCC(C)C(C)Nc1ccc(F)nc1. The van der Waals surface area contributed by atoms with Crippen molar-refractivity contribution >= 4 is 5.69 Å². The first kappa shape index (κ1) is 11.0. The maximum Gasteiger partial charge on any atom is 0.212 e. The lowest BCUT2D eigenvalue weighted by Gasteiger charge is -2.20. The van der Waals surface area contributed by atoms with Crippen LogP contribution in [-0.2, 0) is 0 Å². The Kier molecular flexibility index (Phi) is 3.86. The second-order valence-corrected chi connectivity index (χ2v) is 3.69. The molecule has 0 saturated heterocycles. The standard InChI is InChI=1S/C11H17FN2/c1-4-8(2)9(3)14-10-5-6-11(12)13-7-10/h5-9,14H,4H2,1-3H3. The summed E-state index contributed by atoms with van der Waals surface area (Å²) in [7, 11) is 0. The minimum absolute atomic E-state index is 0.382. The van der Waals surface area contributed by atoms with Crippen molar-refractivity contribution in [3.05, 3.63) is 24.3 Å². The number of aromatic nitrogens is 1. The van der Waals surface area contributed by atoms with Crippen LogP contribution in [0, 0.1) is 11.9 Å². The Morgan fingerprint density at radius 3 is 2.64 bits per heavy atom. The van der Waals surface area contributed by atoms with E-state index in [0.717, 1.165) is 12.1 Å². The van der Waals surface area contributed by atoms with Gasteiger partial charge in [-0.3, -0.25) is 0 Å². The molecule has 0 amide bonds. The molecule has 1 aromatic rings. The van der Waals surface area contributed by atoms with Crippen LogP contribution in [-0.4, -0.2) is 11.0 Å². The Hall–Kier alpha value is -1.12. The molecule has 1 rings (SSSR count). The van der Waals surface area contributed by atoms with Crippen LogP contribution in [0.25, 0.3) is 0 Å². The zero-order chi connectivity index (χ0) is 10.6. The number of pyridine rings is 1. The molecule has 1 heterocycles. The fourth-order valence-corrected chi connectivity index (χ4v) is 1.22. The van der Waals surface area contributed by atoms with Crippen molar-refractivity contribution < 1.29 is 4.39 Å². The van der Waals surface area contributed by atoms with Crippen LogP contribution >= 0.6 is 0 Å². The molecule has 1 N–H and O–H groups in total. The number of hydrogen-bond acceptors (Lipinski definition) is 2. The van der Waals surface area contributed by atoms with Gasteiger partial charge in [0.15, 0.2) is 0 Å². The first-order chi connectivity index (χ1) is 6.63. The topological polar surface area (TPSA) is 24.9 Å². The summed E-state index contributed by atoms with van der Waals surface area (Å²) < 4.78 is 12.5. The Labute approximate surface area is 84.6 Å². The van der Waals surface area contributed by atoms with Crippen molar-refractivity contribution in [2.24, 2.45) is 5.92 Å². The second-order valence-electron chi connectivity index (χ2n) is 3.69. The van der Waals surface area contributed by atoms with Gasteiger partial charge in [0.2, 0.25) is 5.95 Å². The Morgan fingerprint density at radius 2 is 2.14 bits per heavy atom. The Balaban J connectivity index is 2.56. The molecule has 2 nitrogen and oxygen atoms in total. The summed E-state index contributed by atoms with van der Waals surface area (Å²) in [6.07, 6.45) is 2.65. The highest BCUT2D eigenvalue weighted by Gasteiger charge is 2.09. The molecule has 0 radical (unpaired) electrons. The lowest BCUT2D eigenvalue weighted by molar-refractivity contribution is 0.494. The highest BCUT2D eigenvalue weighted by molar-refractivity contribution is 5.40. The normalized spacial score (nSPS) is 14.9. The van der Waals surface area contributed by atoms with Crippen molar-refractivity contribution in [3.8, 4) is 0 Å². The maximum atomic E-state index is 12.5. The third-order valence-corrected chi connectivity index (χ3v) is 2.62. The predicted molar refractivity (Wildman–Crippen MR) is 56.7 cm³/mol. The summed E-state index contributed by atoms with van der Waals surface area (Å²) in [5, 5.41) is 3.29. The van der Waals surface area contributed by atoms with E-state index in [0.29, 0.717) is 12.0 Å². The first-order valence-electron chi connectivity index (χ1n) is 5.01. The van der Waals surface area contributed by atoms with Crippen molar-refractivity contribution in [3.63, 3.8) is 0 Å². The van der Waals surface area contributed by atoms with Gasteiger partial charge in [-0.15, -0.1) is 0 Å². The lowest BCUT2D eigenvalue weighted by atomic mass is 10.0. The van der Waals surface area contributed by atoms with E-state index < -0.39 is 5.95 Å². The zero-order valence-electron chi connectivity index (χ0n) is 8.92. The highest BCUT2D eigenvalue weighted by Crippen LogP contribution is 2.13. The quantitative estimate of drug-likeness (QED) is 0.748. The second kappa shape index (κ2) is 4.94. The summed E-state index contributed by atoms with van der Waals surface area (Å²) in [5.41, 5.74) is 0.874. The third kappa shape index (κ3) is 2.98. The number of nitrogens with zero attached hydrogens (tertiary/aromatic N) is 1. The van der Waals surface area contributed by atoms with Crippen LogP contribution in [0.1, 0.15) is 27.2 Å². The molecular formula is C11H17FN2. The molecule has 0 fully saturated rings. The third-order valence-electron chi connectivity index (χ3n) is 2.62. The van der Waals surface area contributed by atoms with E-state index in [-0.39, 0.29) is 0 Å². The average Bonchev–Trinajstić information content (AvgIpc) is 2.20. The molecule has 2 unspecified atom stereocenters. The van der Waals surface area contributed by atoms with E-state index in [4.69, 9.17) is 0 Å². The molecule has 14 heavy (non-hydrogen) atoms. The fraction of sp³-hybridized carbons (Fsp3) is 0.545. The van der Waals surface area contributed by atoms with Gasteiger partial charge in [-0.25, -0.2) is 4.98 Å². The van der Waals surface area contributed by atoms with Crippen molar-refractivity contribution in [2.75, 3.05) is 5.32 Å². The van der Waals surface area contributed by atoms with Gasteiger partial charge in [0.25, 0.3) is 0 Å². The molecule has 0 spiro atoms. The molecule has 3 heteroatoms. The molecule has 2 atom stereocenters. The van der Waals surface area contributed by atoms with Crippen LogP contribution in [0.3, 0.4) is 0 Å². The summed E-state index contributed by atoms with van der Waals surface area (Å²) in [4.78, 5) is 3.59. The van der Waals surface area contributed by atoms with Crippen molar-refractivity contribution in [1.82, 2.24) is 4.98 Å². The zero-order valence-corrected chi connectivity index (χ0v) is 8.92. The van der Waals surface area contributed by atoms with Crippen molar-refractivity contribution in [1.29, 1.82) is 0 Å². The molecule has 0 aliphatic heterocycles. The van der Waals surface area contributed by atoms with Gasteiger partial charge in [-0.1, -0.05) is 20.3 Å². The molecule has 0 aromatic carbocycles. The smallest absolute Gasteiger partial charge is 0.212 e. The molecule has 78 valence electrons. The number of anilines is 1. The molecule has 0 bridgehead atoms. The van der Waals surface area contributed by atoms with E-state index in [1.165, 1.54) is 12.3 Å². The van der Waals surface area contributed by atoms with Crippen molar-refractivity contribution in [2.45, 2.75) is 33.2 Å². The summed E-state index contributed by atoms with van der Waals surface area (Å²) >= 11 is 0. The Morgan fingerprint density at radius 1 is 1.43 bits per heavy atom. The molecule has 0 aliphatic rings. The fourth-order valence-electron chi connectivity index (χ4n) is 1.22. The largest absolute Gasteiger partial charge is 0.381 e. The monoisotopic (exact) mass is 196 g/mol. The minimum Gasteiger partial charge on any atom is -0.381 e. The van der Waals surface area contributed by atoms with Crippen LogP contribution < -0.4 is 5.32 Å². The van der Waals surface area contributed by atoms with E-state index in [9.17, 15) is 4.39 Å². The van der Waals surface area contributed by atoms with E-state index in [2.05, 4.69) is 31.1 Å². The molecular weight excluding hydrogens is 179 g/mol. The molecule has 0 aliphatic carbocycles. The van der Waals surface area contributed by atoms with Crippen LogP contribution in [0.5, 0.6) is 0 Å². The van der Waals surface area contributed by atoms with E-state index in [1.807, 2.05) is 0 Å². The molecule has 1 aromatic heterocycles. The van der Waals surface area contributed by atoms with Gasteiger partial charge in [0.05, 0.1) is 11.9 Å². The van der Waals surface area contributed by atoms with E-state index in [1.54, 1.807) is 6.07 Å². The lowest BCUT2D eigenvalue weighted by Crippen LogP contribution is -2.23. The van der Waals surface area contributed by atoms with Gasteiger partial charge >= 0.3 is 0 Å². The minimum atomic E-state index is -0.438. The average molecular weight is 196 g/mol.